The van der Waals surface area contributed by atoms with Crippen molar-refractivity contribution in [2.75, 3.05) is 0 Å². The summed E-state index contributed by atoms with van der Waals surface area (Å²) in [5, 5.41) is 0. The van der Waals surface area contributed by atoms with Crippen molar-refractivity contribution in [2.24, 2.45) is 0 Å². The minimum atomic E-state index is 0.486. The first-order chi connectivity index (χ1) is 3.35. The van der Waals surface area contributed by atoms with E-state index in [9.17, 15) is 0 Å². The summed E-state index contributed by atoms with van der Waals surface area (Å²) in [5.74, 6) is 0. The molecule has 0 rings (SSSR count). The van der Waals surface area contributed by atoms with Crippen LogP contribution in [0.15, 0.2) is 0 Å². The smallest absolute Gasteiger partial charge is 0.257 e. The quantitative estimate of drug-likeness (QED) is 0.475. The van der Waals surface area contributed by atoms with Crippen molar-refractivity contribution in [3.8, 4) is 0 Å². The van der Waals surface area contributed by atoms with Gasteiger partial charge < -0.3 is 4.65 Å². The predicted molar refractivity (Wildman–Crippen MR) is 34.0 cm³/mol. The molecule has 0 spiro atoms. The zero-order valence-electron chi connectivity index (χ0n) is 5.40. The summed E-state index contributed by atoms with van der Waals surface area (Å²) in [4.78, 5) is 0. The highest BCUT2D eigenvalue weighted by molar-refractivity contribution is 5.98. The molecule has 0 fully saturated rings. The third-order valence-electron chi connectivity index (χ3n) is 1.24. The number of rotatable bonds is 3. The van der Waals surface area contributed by atoms with Gasteiger partial charge in [-0.05, 0) is 12.8 Å². The average molecular weight is 100.0 g/mol. The van der Waals surface area contributed by atoms with E-state index in [1.54, 1.807) is 8.05 Å². The fourth-order valence-electron chi connectivity index (χ4n) is 0.622. The van der Waals surface area contributed by atoms with Crippen molar-refractivity contribution < 1.29 is 4.65 Å². The Morgan fingerprint density at radius 3 is 1.86 bits per heavy atom. The first-order valence-corrected chi connectivity index (χ1v) is 2.87. The Balaban J connectivity index is 2.99. The van der Waals surface area contributed by atoms with Gasteiger partial charge in [-0.25, -0.2) is 0 Å². The first kappa shape index (κ1) is 7.02. The monoisotopic (exact) mass is 100 g/mol. The van der Waals surface area contributed by atoms with E-state index in [4.69, 9.17) is 4.65 Å². The summed E-state index contributed by atoms with van der Waals surface area (Å²) in [6.45, 7) is 4.27. The molecule has 0 aromatic carbocycles. The summed E-state index contributed by atoms with van der Waals surface area (Å²) in [6, 6.07) is 0. The molecule has 0 N–H and O–H groups in total. The molecule has 0 aliphatic heterocycles. The fourth-order valence-corrected chi connectivity index (χ4v) is 0.622. The second-order valence-electron chi connectivity index (χ2n) is 1.67. The van der Waals surface area contributed by atoms with Crippen LogP contribution >= 0.6 is 0 Å². The van der Waals surface area contributed by atoms with Crippen molar-refractivity contribution in [3.05, 3.63) is 0 Å². The van der Waals surface area contributed by atoms with Crippen LogP contribution in [0, 0.1) is 0 Å². The molecule has 0 aliphatic rings. The van der Waals surface area contributed by atoms with Gasteiger partial charge in [0.2, 0.25) is 0 Å². The Hall–Kier alpha value is 0.0249. The van der Waals surface area contributed by atoms with Crippen molar-refractivity contribution in [1.29, 1.82) is 0 Å². The molecule has 0 saturated heterocycles. The summed E-state index contributed by atoms with van der Waals surface area (Å²) >= 11 is 0. The maximum atomic E-state index is 5.05. The summed E-state index contributed by atoms with van der Waals surface area (Å²) < 4.78 is 5.05. The lowest BCUT2D eigenvalue weighted by atomic mass is 10.2. The molecule has 0 aromatic rings. The molecule has 0 aliphatic carbocycles. The Kier molecular flexibility index (Phi) is 4.21. The van der Waals surface area contributed by atoms with E-state index in [0.29, 0.717) is 6.10 Å². The van der Waals surface area contributed by atoms with Crippen LogP contribution in [0.2, 0.25) is 0 Å². The molecule has 0 saturated carbocycles. The summed E-state index contributed by atoms with van der Waals surface area (Å²) in [6.07, 6.45) is 2.75. The highest BCUT2D eigenvalue weighted by Crippen LogP contribution is 1.98. The number of hydrogen-bond donors (Lipinski definition) is 0. The fraction of sp³-hybridized carbons (Fsp3) is 1.00. The van der Waals surface area contributed by atoms with Crippen LogP contribution in [0.4, 0.5) is 0 Å². The first-order valence-electron chi connectivity index (χ1n) is 2.87. The predicted octanol–water partition coefficient (Wildman–Crippen LogP) is 0.740. The molecule has 0 atom stereocenters. The van der Waals surface area contributed by atoms with Gasteiger partial charge in [-0.2, -0.15) is 0 Å². The topological polar surface area (TPSA) is 9.23 Å². The third kappa shape index (κ3) is 2.69. The van der Waals surface area contributed by atoms with Crippen LogP contribution in [0.3, 0.4) is 0 Å². The molecule has 1 nitrogen and oxygen atoms in total. The van der Waals surface area contributed by atoms with Crippen LogP contribution < -0.4 is 0 Å². The van der Waals surface area contributed by atoms with Crippen LogP contribution in [0.5, 0.6) is 0 Å². The van der Waals surface area contributed by atoms with Crippen LogP contribution in [-0.4, -0.2) is 14.2 Å². The summed E-state index contributed by atoms with van der Waals surface area (Å²) in [7, 11) is 1.76. The second-order valence-corrected chi connectivity index (χ2v) is 1.67. The van der Waals surface area contributed by atoms with Gasteiger partial charge in [0.25, 0.3) is 8.05 Å². The molecule has 0 aromatic heterocycles. The lowest BCUT2D eigenvalue weighted by molar-refractivity contribution is 0.212. The van der Waals surface area contributed by atoms with Gasteiger partial charge in [-0.15, -0.1) is 0 Å². The largest absolute Gasteiger partial charge is 0.441 e. The third-order valence-corrected chi connectivity index (χ3v) is 1.24. The normalized spacial score (nSPS) is 10.1. The highest BCUT2D eigenvalue weighted by Gasteiger charge is 1.95. The minimum Gasteiger partial charge on any atom is -0.441 e. The summed E-state index contributed by atoms with van der Waals surface area (Å²) in [5.41, 5.74) is 0. The molecular formula is C5H13BO. The lowest BCUT2D eigenvalue weighted by Crippen LogP contribution is -2.06. The van der Waals surface area contributed by atoms with E-state index in [0.717, 1.165) is 12.8 Å². The van der Waals surface area contributed by atoms with E-state index in [2.05, 4.69) is 13.8 Å². The van der Waals surface area contributed by atoms with Gasteiger partial charge in [0.1, 0.15) is 0 Å². The van der Waals surface area contributed by atoms with Gasteiger partial charge in [-0.3, -0.25) is 0 Å². The van der Waals surface area contributed by atoms with E-state index >= 15 is 0 Å². The Bertz CT molecular complexity index is 29.6. The molecule has 0 bridgehead atoms. The highest BCUT2D eigenvalue weighted by atomic mass is 16.4. The molecule has 2 heteroatoms. The van der Waals surface area contributed by atoms with Gasteiger partial charge in [0.05, 0.1) is 0 Å². The Morgan fingerprint density at radius 1 is 1.43 bits per heavy atom. The molecule has 0 unspecified atom stereocenters. The van der Waals surface area contributed by atoms with E-state index < -0.39 is 0 Å². The SMILES string of the molecule is BOC(CC)CC. The van der Waals surface area contributed by atoms with Crippen molar-refractivity contribution in [3.63, 3.8) is 0 Å². The van der Waals surface area contributed by atoms with Gasteiger partial charge >= 0.3 is 0 Å². The van der Waals surface area contributed by atoms with Gasteiger partial charge in [0.15, 0.2) is 0 Å². The van der Waals surface area contributed by atoms with Crippen LogP contribution in [-0.2, 0) is 4.65 Å². The zero-order valence-corrected chi connectivity index (χ0v) is 5.40. The molecule has 0 radical (unpaired) electrons. The van der Waals surface area contributed by atoms with E-state index in [-0.39, 0.29) is 0 Å². The molecule has 0 amide bonds. The second kappa shape index (κ2) is 4.19. The van der Waals surface area contributed by atoms with Crippen molar-refractivity contribution >= 4 is 8.05 Å². The lowest BCUT2D eigenvalue weighted by Gasteiger charge is -2.08. The maximum absolute atomic E-state index is 5.05. The molecular weight excluding hydrogens is 86.9 g/mol. The average Bonchev–Trinajstić information content (AvgIpc) is 1.72. The van der Waals surface area contributed by atoms with Crippen LogP contribution in [0.1, 0.15) is 26.7 Å². The maximum Gasteiger partial charge on any atom is 0.257 e. The Labute approximate surface area is 46.5 Å². The molecule has 0 heterocycles. The Morgan fingerprint density at radius 2 is 1.86 bits per heavy atom. The van der Waals surface area contributed by atoms with E-state index in [1.807, 2.05) is 0 Å². The van der Waals surface area contributed by atoms with E-state index in [1.165, 1.54) is 0 Å². The standard InChI is InChI=1S/C5H13BO/c1-3-5(4-2)7-6/h5H,3-4,6H2,1-2H3. The van der Waals surface area contributed by atoms with Crippen molar-refractivity contribution in [1.82, 2.24) is 0 Å². The zero-order chi connectivity index (χ0) is 5.70. The number of hydrogen-bond acceptors (Lipinski definition) is 1. The molecule has 7 heavy (non-hydrogen) atoms. The minimum absolute atomic E-state index is 0.486. The van der Waals surface area contributed by atoms with Crippen molar-refractivity contribution in [2.45, 2.75) is 32.8 Å². The van der Waals surface area contributed by atoms with Crippen LogP contribution in [0.25, 0.3) is 0 Å². The molecule has 42 valence electrons. The van der Waals surface area contributed by atoms with Gasteiger partial charge in [0, 0.05) is 6.10 Å². The van der Waals surface area contributed by atoms with Gasteiger partial charge in [-0.1, -0.05) is 13.8 Å².